The number of nitrogens with zero attached hydrogens (tertiary/aromatic N) is 1. The SMILES string of the molecule is CCOC/C=C1\O[C@@H]2CC(=O)N2[C@H]1C(=O)O. The first-order valence-corrected chi connectivity index (χ1v) is 5.13. The maximum Gasteiger partial charge on any atom is 0.334 e. The van der Waals surface area contributed by atoms with Gasteiger partial charge in [0.1, 0.15) is 5.76 Å². The molecule has 0 spiro atoms. The zero-order valence-corrected chi connectivity index (χ0v) is 8.88. The summed E-state index contributed by atoms with van der Waals surface area (Å²) >= 11 is 0. The molecule has 2 aliphatic heterocycles. The molecule has 16 heavy (non-hydrogen) atoms. The molecule has 2 heterocycles. The summed E-state index contributed by atoms with van der Waals surface area (Å²) in [5, 5.41) is 9.02. The molecule has 1 amide bonds. The number of rotatable bonds is 4. The fraction of sp³-hybridized carbons (Fsp3) is 0.600. The number of hydrogen-bond acceptors (Lipinski definition) is 4. The van der Waals surface area contributed by atoms with Crippen LogP contribution in [0.15, 0.2) is 11.8 Å². The molecule has 0 radical (unpaired) electrons. The Morgan fingerprint density at radius 1 is 1.75 bits per heavy atom. The standard InChI is InChI=1S/C10H13NO5/c1-2-15-4-3-6-9(10(13)14)11-7(12)5-8(11)16-6/h3,8-9H,2,4-5H2,1H3,(H,13,14)/b6-3-/t8-,9-/m1/s1. The van der Waals surface area contributed by atoms with E-state index < -0.39 is 18.2 Å². The van der Waals surface area contributed by atoms with Gasteiger partial charge >= 0.3 is 5.97 Å². The number of carboxylic acids is 1. The molecule has 2 atom stereocenters. The molecule has 2 saturated heterocycles. The summed E-state index contributed by atoms with van der Waals surface area (Å²) in [7, 11) is 0. The molecular weight excluding hydrogens is 214 g/mol. The Kier molecular flexibility index (Phi) is 2.82. The highest BCUT2D eigenvalue weighted by atomic mass is 16.5. The van der Waals surface area contributed by atoms with E-state index >= 15 is 0 Å². The summed E-state index contributed by atoms with van der Waals surface area (Å²) in [6.45, 7) is 2.69. The maximum absolute atomic E-state index is 11.2. The van der Waals surface area contributed by atoms with Gasteiger partial charge in [0.2, 0.25) is 5.91 Å². The minimum absolute atomic E-state index is 0.183. The molecule has 88 valence electrons. The predicted octanol–water partition coefficient (Wildman–Crippen LogP) is -0.0514. The Morgan fingerprint density at radius 2 is 2.50 bits per heavy atom. The van der Waals surface area contributed by atoms with Crippen LogP contribution in [0.2, 0.25) is 0 Å². The molecule has 2 rings (SSSR count). The van der Waals surface area contributed by atoms with Gasteiger partial charge in [-0.25, -0.2) is 4.79 Å². The van der Waals surface area contributed by atoms with Gasteiger partial charge in [-0.2, -0.15) is 0 Å². The molecule has 0 aromatic carbocycles. The van der Waals surface area contributed by atoms with E-state index in [1.807, 2.05) is 6.92 Å². The van der Waals surface area contributed by atoms with Crippen LogP contribution in [0.25, 0.3) is 0 Å². The first-order chi connectivity index (χ1) is 7.65. The van der Waals surface area contributed by atoms with Gasteiger partial charge in [0.15, 0.2) is 12.3 Å². The van der Waals surface area contributed by atoms with Crippen LogP contribution in [0, 0.1) is 0 Å². The van der Waals surface area contributed by atoms with Crippen LogP contribution >= 0.6 is 0 Å². The van der Waals surface area contributed by atoms with E-state index in [0.717, 1.165) is 0 Å². The molecule has 0 unspecified atom stereocenters. The average Bonchev–Trinajstić information content (AvgIpc) is 2.52. The topological polar surface area (TPSA) is 76.1 Å². The maximum atomic E-state index is 11.2. The molecule has 0 aromatic rings. The number of fused-ring (bicyclic) bond motifs is 1. The van der Waals surface area contributed by atoms with Crippen LogP contribution in [-0.4, -0.2) is 47.4 Å². The van der Waals surface area contributed by atoms with Gasteiger partial charge in [-0.3, -0.25) is 9.69 Å². The van der Waals surface area contributed by atoms with Gasteiger partial charge in [-0.1, -0.05) is 0 Å². The molecule has 0 aromatic heterocycles. The summed E-state index contributed by atoms with van der Waals surface area (Å²) in [6.07, 6.45) is 1.44. The van der Waals surface area contributed by atoms with Crippen molar-refractivity contribution in [1.82, 2.24) is 4.90 Å². The van der Waals surface area contributed by atoms with Crippen LogP contribution in [0.3, 0.4) is 0 Å². The van der Waals surface area contributed by atoms with E-state index in [1.54, 1.807) is 6.08 Å². The molecule has 0 bridgehead atoms. The van der Waals surface area contributed by atoms with Crippen molar-refractivity contribution in [3.8, 4) is 0 Å². The molecule has 1 N–H and O–H groups in total. The van der Waals surface area contributed by atoms with Crippen molar-refractivity contribution < 1.29 is 24.2 Å². The second kappa shape index (κ2) is 4.13. The Balaban J connectivity index is 2.10. The third-order valence-corrected chi connectivity index (χ3v) is 2.61. The van der Waals surface area contributed by atoms with Crippen LogP contribution in [-0.2, 0) is 19.1 Å². The lowest BCUT2D eigenvalue weighted by molar-refractivity contribution is -0.163. The van der Waals surface area contributed by atoms with E-state index in [4.69, 9.17) is 14.6 Å². The van der Waals surface area contributed by atoms with Gasteiger partial charge in [0.25, 0.3) is 0 Å². The highest BCUT2D eigenvalue weighted by Crippen LogP contribution is 2.36. The fourth-order valence-corrected chi connectivity index (χ4v) is 1.83. The molecule has 2 aliphatic rings. The molecule has 6 nitrogen and oxygen atoms in total. The summed E-state index contributed by atoms with van der Waals surface area (Å²) in [5.74, 6) is -0.952. The minimum Gasteiger partial charge on any atom is -0.479 e. The molecule has 0 aliphatic carbocycles. The number of carbonyl (C=O) groups excluding carboxylic acids is 1. The van der Waals surface area contributed by atoms with Crippen molar-refractivity contribution in [2.24, 2.45) is 0 Å². The quantitative estimate of drug-likeness (QED) is 0.538. The summed E-state index contributed by atoms with van der Waals surface area (Å²) < 4.78 is 10.4. The van der Waals surface area contributed by atoms with Crippen LogP contribution in [0.1, 0.15) is 13.3 Å². The highest BCUT2D eigenvalue weighted by molar-refractivity contribution is 5.91. The summed E-state index contributed by atoms with van der Waals surface area (Å²) in [5.41, 5.74) is 0. The number of hydrogen-bond donors (Lipinski definition) is 1. The number of carboxylic acid groups (broad SMARTS) is 1. The van der Waals surface area contributed by atoms with Crippen molar-refractivity contribution in [2.45, 2.75) is 25.6 Å². The number of amides is 1. The molecule has 6 heteroatoms. The minimum atomic E-state index is -1.07. The highest BCUT2D eigenvalue weighted by Gasteiger charge is 2.53. The second-order valence-electron chi connectivity index (χ2n) is 3.58. The monoisotopic (exact) mass is 227 g/mol. The smallest absolute Gasteiger partial charge is 0.334 e. The van der Waals surface area contributed by atoms with Gasteiger partial charge in [-0.15, -0.1) is 0 Å². The predicted molar refractivity (Wildman–Crippen MR) is 52.3 cm³/mol. The van der Waals surface area contributed by atoms with Crippen molar-refractivity contribution in [3.63, 3.8) is 0 Å². The van der Waals surface area contributed by atoms with E-state index in [9.17, 15) is 9.59 Å². The van der Waals surface area contributed by atoms with E-state index in [0.29, 0.717) is 19.0 Å². The first kappa shape index (κ1) is 10.9. The molecular formula is C10H13NO5. The van der Waals surface area contributed by atoms with Gasteiger partial charge < -0.3 is 14.6 Å². The molecule has 2 fully saturated rings. The zero-order chi connectivity index (χ0) is 11.7. The first-order valence-electron chi connectivity index (χ1n) is 5.13. The van der Waals surface area contributed by atoms with Crippen molar-refractivity contribution in [2.75, 3.05) is 13.2 Å². The van der Waals surface area contributed by atoms with Crippen molar-refractivity contribution in [1.29, 1.82) is 0 Å². The van der Waals surface area contributed by atoms with E-state index in [2.05, 4.69) is 0 Å². The van der Waals surface area contributed by atoms with Crippen molar-refractivity contribution >= 4 is 11.9 Å². The summed E-state index contributed by atoms with van der Waals surface area (Å²) in [4.78, 5) is 23.5. The Morgan fingerprint density at radius 3 is 3.06 bits per heavy atom. The third kappa shape index (κ3) is 1.65. The zero-order valence-electron chi connectivity index (χ0n) is 8.88. The number of carbonyl (C=O) groups is 2. The Bertz CT molecular complexity index is 351. The number of ether oxygens (including phenoxy) is 2. The van der Waals surface area contributed by atoms with Crippen LogP contribution < -0.4 is 0 Å². The van der Waals surface area contributed by atoms with Gasteiger partial charge in [-0.05, 0) is 13.0 Å². The lowest BCUT2D eigenvalue weighted by Gasteiger charge is -2.33. The van der Waals surface area contributed by atoms with E-state index in [1.165, 1.54) is 4.90 Å². The fourth-order valence-electron chi connectivity index (χ4n) is 1.83. The van der Waals surface area contributed by atoms with E-state index in [-0.39, 0.29) is 12.3 Å². The Labute approximate surface area is 92.4 Å². The van der Waals surface area contributed by atoms with Crippen LogP contribution in [0.4, 0.5) is 0 Å². The lowest BCUT2D eigenvalue weighted by atomic mass is 10.1. The second-order valence-corrected chi connectivity index (χ2v) is 3.58. The number of aliphatic carboxylic acids is 1. The average molecular weight is 227 g/mol. The Hall–Kier alpha value is -1.56. The normalized spacial score (nSPS) is 29.9. The summed E-state index contributed by atoms with van der Waals surface area (Å²) in [6, 6.07) is -0.980. The van der Waals surface area contributed by atoms with Gasteiger partial charge in [0, 0.05) is 6.61 Å². The third-order valence-electron chi connectivity index (χ3n) is 2.61. The van der Waals surface area contributed by atoms with Crippen molar-refractivity contribution in [3.05, 3.63) is 11.8 Å². The van der Waals surface area contributed by atoms with Gasteiger partial charge in [0.05, 0.1) is 13.0 Å². The number of β-lactam (4-membered cyclic amide) rings is 1. The largest absolute Gasteiger partial charge is 0.479 e. The lowest BCUT2D eigenvalue weighted by Crippen LogP contribution is -2.54. The molecule has 0 saturated carbocycles. The van der Waals surface area contributed by atoms with Crippen LogP contribution in [0.5, 0.6) is 0 Å².